The van der Waals surface area contributed by atoms with Crippen molar-refractivity contribution in [3.8, 4) is 0 Å². The Morgan fingerprint density at radius 1 is 1.30 bits per heavy atom. The molecule has 1 aromatic carbocycles. The van der Waals surface area contributed by atoms with Gasteiger partial charge in [0.05, 0.1) is 5.52 Å². The minimum absolute atomic E-state index is 0.431. The summed E-state index contributed by atoms with van der Waals surface area (Å²) in [6.45, 7) is 4.00. The van der Waals surface area contributed by atoms with Crippen LogP contribution >= 0.6 is 11.6 Å². The molecule has 1 saturated heterocycles. The number of hydrogen-bond donors (Lipinski definition) is 1. The minimum Gasteiger partial charge on any atom is -0.382 e. The molecule has 4 heteroatoms. The van der Waals surface area contributed by atoms with Gasteiger partial charge in [-0.3, -0.25) is 4.98 Å². The summed E-state index contributed by atoms with van der Waals surface area (Å²) in [5.74, 6) is 0.666. The number of halogens is 1. The maximum Gasteiger partial charge on any atom is 0.0737 e. The van der Waals surface area contributed by atoms with E-state index < -0.39 is 0 Å². The van der Waals surface area contributed by atoms with Crippen molar-refractivity contribution in [1.29, 1.82) is 0 Å². The Balaban J connectivity index is 1.83. The molecule has 1 aromatic heterocycles. The van der Waals surface area contributed by atoms with Crippen LogP contribution < -0.4 is 5.32 Å². The normalized spacial score (nSPS) is 18.1. The molecule has 0 spiro atoms. The van der Waals surface area contributed by atoms with E-state index in [1.807, 2.05) is 30.5 Å². The van der Waals surface area contributed by atoms with E-state index in [1.165, 1.54) is 0 Å². The zero-order valence-electron chi connectivity index (χ0n) is 11.6. The van der Waals surface area contributed by atoms with Crippen LogP contribution in [0, 0.1) is 5.92 Å². The van der Waals surface area contributed by atoms with E-state index in [0.29, 0.717) is 12.0 Å². The average molecular weight is 291 g/mol. The Hall–Kier alpha value is -1.32. The van der Waals surface area contributed by atoms with E-state index in [1.54, 1.807) is 0 Å². The molecule has 3 nitrogen and oxygen atoms in total. The van der Waals surface area contributed by atoms with E-state index in [9.17, 15) is 0 Å². The van der Waals surface area contributed by atoms with Crippen LogP contribution in [0.25, 0.3) is 10.9 Å². The quantitative estimate of drug-likeness (QED) is 0.923. The van der Waals surface area contributed by atoms with Crippen molar-refractivity contribution >= 4 is 28.2 Å². The maximum absolute atomic E-state index is 6.02. The number of hydrogen-bond acceptors (Lipinski definition) is 3. The fraction of sp³-hybridized carbons (Fsp3) is 0.438. The number of pyridine rings is 1. The molecule has 1 N–H and O–H groups in total. The number of benzene rings is 1. The molecular weight excluding hydrogens is 272 g/mol. The van der Waals surface area contributed by atoms with Crippen molar-refractivity contribution in [3.63, 3.8) is 0 Å². The van der Waals surface area contributed by atoms with Crippen molar-refractivity contribution < 1.29 is 4.74 Å². The second kappa shape index (κ2) is 5.98. The van der Waals surface area contributed by atoms with Gasteiger partial charge in [-0.2, -0.15) is 0 Å². The standard InChI is InChI=1S/C16H19ClN2O/c1-11(12-5-8-20-9-6-12)19-15-4-7-18-16-10-13(17)2-3-14(15)16/h2-4,7,10-12H,5-6,8-9H2,1H3,(H,18,19). The number of fused-ring (bicyclic) bond motifs is 1. The summed E-state index contributed by atoms with van der Waals surface area (Å²) >= 11 is 6.02. The maximum atomic E-state index is 6.02. The predicted molar refractivity (Wildman–Crippen MR) is 83.4 cm³/mol. The number of nitrogens with one attached hydrogen (secondary N) is 1. The molecule has 0 saturated carbocycles. The van der Waals surface area contributed by atoms with E-state index in [4.69, 9.17) is 16.3 Å². The number of rotatable bonds is 3. The monoisotopic (exact) mass is 290 g/mol. The summed E-state index contributed by atoms with van der Waals surface area (Å²) in [6, 6.07) is 8.31. The Morgan fingerprint density at radius 2 is 2.10 bits per heavy atom. The van der Waals surface area contributed by atoms with Crippen LogP contribution in [0.5, 0.6) is 0 Å². The zero-order valence-corrected chi connectivity index (χ0v) is 12.4. The topological polar surface area (TPSA) is 34.2 Å². The van der Waals surface area contributed by atoms with Crippen LogP contribution in [0.15, 0.2) is 30.5 Å². The third-order valence-electron chi connectivity index (χ3n) is 4.06. The van der Waals surface area contributed by atoms with Crippen LogP contribution in [0.2, 0.25) is 5.02 Å². The number of anilines is 1. The Kier molecular flexibility index (Phi) is 4.08. The highest BCUT2D eigenvalue weighted by Gasteiger charge is 2.20. The summed E-state index contributed by atoms with van der Waals surface area (Å²) in [7, 11) is 0. The molecule has 3 rings (SSSR count). The molecule has 2 heterocycles. The minimum atomic E-state index is 0.431. The fourth-order valence-corrected chi connectivity index (χ4v) is 2.99. The van der Waals surface area contributed by atoms with Crippen molar-refractivity contribution in [2.45, 2.75) is 25.8 Å². The molecule has 0 radical (unpaired) electrons. The van der Waals surface area contributed by atoms with Gasteiger partial charge in [-0.05, 0) is 49.9 Å². The van der Waals surface area contributed by atoms with Crippen LogP contribution in [-0.4, -0.2) is 24.2 Å². The Labute approximate surface area is 124 Å². The van der Waals surface area contributed by atoms with Gasteiger partial charge in [0, 0.05) is 41.5 Å². The third-order valence-corrected chi connectivity index (χ3v) is 4.30. The second-order valence-electron chi connectivity index (χ2n) is 5.40. The third kappa shape index (κ3) is 2.89. The average Bonchev–Trinajstić information content (AvgIpc) is 2.48. The molecule has 2 aromatic rings. The summed E-state index contributed by atoms with van der Waals surface area (Å²) in [4.78, 5) is 4.38. The molecule has 1 atom stereocenters. The number of aromatic nitrogens is 1. The molecular formula is C16H19ClN2O. The summed E-state index contributed by atoms with van der Waals surface area (Å²) in [5, 5.41) is 5.48. The molecule has 1 aliphatic heterocycles. The lowest BCUT2D eigenvalue weighted by Crippen LogP contribution is -2.31. The smallest absolute Gasteiger partial charge is 0.0737 e. The molecule has 1 unspecified atom stereocenters. The van der Waals surface area contributed by atoms with Gasteiger partial charge in [-0.25, -0.2) is 0 Å². The highest BCUT2D eigenvalue weighted by atomic mass is 35.5. The summed E-state index contributed by atoms with van der Waals surface area (Å²) in [5.41, 5.74) is 2.06. The lowest BCUT2D eigenvalue weighted by Gasteiger charge is -2.29. The van der Waals surface area contributed by atoms with Gasteiger partial charge >= 0.3 is 0 Å². The van der Waals surface area contributed by atoms with Gasteiger partial charge in [0.1, 0.15) is 0 Å². The largest absolute Gasteiger partial charge is 0.382 e. The van der Waals surface area contributed by atoms with Gasteiger partial charge in [0.25, 0.3) is 0 Å². The van der Waals surface area contributed by atoms with Crippen LogP contribution in [-0.2, 0) is 4.74 Å². The van der Waals surface area contributed by atoms with E-state index >= 15 is 0 Å². The fourth-order valence-electron chi connectivity index (χ4n) is 2.83. The summed E-state index contributed by atoms with van der Waals surface area (Å²) < 4.78 is 5.43. The molecule has 1 fully saturated rings. The first-order chi connectivity index (χ1) is 9.74. The predicted octanol–water partition coefficient (Wildman–Crippen LogP) is 4.12. The number of nitrogens with zero attached hydrogens (tertiary/aromatic N) is 1. The van der Waals surface area contributed by atoms with E-state index in [2.05, 4.69) is 17.2 Å². The van der Waals surface area contributed by atoms with E-state index in [0.717, 1.165) is 47.7 Å². The molecule has 0 aliphatic carbocycles. The lowest BCUT2D eigenvalue weighted by molar-refractivity contribution is 0.0622. The van der Waals surface area contributed by atoms with Gasteiger partial charge in [0.15, 0.2) is 0 Å². The van der Waals surface area contributed by atoms with Crippen LogP contribution in [0.1, 0.15) is 19.8 Å². The first kappa shape index (κ1) is 13.7. The van der Waals surface area contributed by atoms with Gasteiger partial charge < -0.3 is 10.1 Å². The van der Waals surface area contributed by atoms with Gasteiger partial charge in [-0.15, -0.1) is 0 Å². The lowest BCUT2D eigenvalue weighted by atomic mass is 9.92. The Bertz CT molecular complexity index is 596. The summed E-state index contributed by atoms with van der Waals surface area (Å²) in [6.07, 6.45) is 4.09. The van der Waals surface area contributed by atoms with Crippen LogP contribution in [0.3, 0.4) is 0 Å². The molecule has 106 valence electrons. The van der Waals surface area contributed by atoms with Crippen molar-refractivity contribution in [2.75, 3.05) is 18.5 Å². The molecule has 0 bridgehead atoms. The SMILES string of the molecule is CC(Nc1ccnc2cc(Cl)ccc12)C1CCOCC1. The van der Waals surface area contributed by atoms with Crippen molar-refractivity contribution in [3.05, 3.63) is 35.5 Å². The first-order valence-corrected chi connectivity index (χ1v) is 7.50. The van der Waals surface area contributed by atoms with E-state index in [-0.39, 0.29) is 0 Å². The van der Waals surface area contributed by atoms with Gasteiger partial charge in [-0.1, -0.05) is 11.6 Å². The second-order valence-corrected chi connectivity index (χ2v) is 5.84. The first-order valence-electron chi connectivity index (χ1n) is 7.12. The van der Waals surface area contributed by atoms with Gasteiger partial charge in [0.2, 0.25) is 0 Å². The molecule has 1 aliphatic rings. The number of ether oxygens (including phenoxy) is 1. The highest BCUT2D eigenvalue weighted by Crippen LogP contribution is 2.27. The molecule has 20 heavy (non-hydrogen) atoms. The zero-order chi connectivity index (χ0) is 13.9. The highest BCUT2D eigenvalue weighted by molar-refractivity contribution is 6.31. The van der Waals surface area contributed by atoms with Crippen molar-refractivity contribution in [2.24, 2.45) is 5.92 Å². The molecule has 0 amide bonds. The van der Waals surface area contributed by atoms with Crippen LogP contribution in [0.4, 0.5) is 5.69 Å². The Morgan fingerprint density at radius 3 is 2.90 bits per heavy atom. The van der Waals surface area contributed by atoms with Crippen molar-refractivity contribution in [1.82, 2.24) is 4.98 Å².